The number of nitrogens with one attached hydrogen (secondary N) is 1. The van der Waals surface area contributed by atoms with E-state index in [4.69, 9.17) is 10.00 Å². The summed E-state index contributed by atoms with van der Waals surface area (Å²) >= 11 is 1.03. The Bertz CT molecular complexity index is 918. The predicted octanol–water partition coefficient (Wildman–Crippen LogP) is 3.16. The molecule has 1 aromatic carbocycles. The summed E-state index contributed by atoms with van der Waals surface area (Å²) in [6.07, 6.45) is 2.97. The molecular formula is C16H11N5O2S. The minimum Gasteiger partial charge on any atom is -0.438 e. The van der Waals surface area contributed by atoms with Crippen LogP contribution in [0.3, 0.4) is 0 Å². The van der Waals surface area contributed by atoms with Gasteiger partial charge in [0.15, 0.2) is 0 Å². The van der Waals surface area contributed by atoms with E-state index in [-0.39, 0.29) is 11.8 Å². The van der Waals surface area contributed by atoms with Gasteiger partial charge in [-0.05, 0) is 54.4 Å². The number of carbonyl (C=O) groups excluding carboxylic acids is 1. The topological polar surface area (TPSA) is 101 Å². The molecule has 8 heteroatoms. The van der Waals surface area contributed by atoms with Crippen LogP contribution in [0.1, 0.15) is 20.8 Å². The van der Waals surface area contributed by atoms with E-state index >= 15 is 0 Å². The van der Waals surface area contributed by atoms with Crippen LogP contribution in [0.2, 0.25) is 0 Å². The maximum Gasteiger partial charge on any atom is 0.269 e. The van der Waals surface area contributed by atoms with Crippen molar-refractivity contribution in [1.82, 2.24) is 14.6 Å². The van der Waals surface area contributed by atoms with Crippen molar-refractivity contribution in [2.75, 3.05) is 5.32 Å². The number of nitriles is 1. The Morgan fingerprint density at radius 2 is 2.25 bits per heavy atom. The van der Waals surface area contributed by atoms with Gasteiger partial charge in [-0.2, -0.15) is 5.26 Å². The number of rotatable bonds is 4. The quantitative estimate of drug-likeness (QED) is 0.785. The van der Waals surface area contributed by atoms with E-state index < -0.39 is 0 Å². The first kappa shape index (κ1) is 15.6. The third kappa shape index (κ3) is 3.37. The Labute approximate surface area is 141 Å². The predicted molar refractivity (Wildman–Crippen MR) is 88.1 cm³/mol. The Morgan fingerprint density at radius 1 is 1.38 bits per heavy atom. The summed E-state index contributed by atoms with van der Waals surface area (Å²) in [5, 5.41) is 15.5. The van der Waals surface area contributed by atoms with Gasteiger partial charge in [0.2, 0.25) is 5.88 Å². The second kappa shape index (κ2) is 6.85. The number of aryl methyl sites for hydroxylation is 1. The van der Waals surface area contributed by atoms with Gasteiger partial charge in [-0.15, -0.1) is 5.10 Å². The van der Waals surface area contributed by atoms with Crippen LogP contribution in [0.5, 0.6) is 11.6 Å². The van der Waals surface area contributed by atoms with Gasteiger partial charge in [0.1, 0.15) is 22.3 Å². The molecule has 0 saturated heterocycles. The highest BCUT2D eigenvalue weighted by Crippen LogP contribution is 2.27. The summed E-state index contributed by atoms with van der Waals surface area (Å²) in [4.78, 5) is 16.5. The summed E-state index contributed by atoms with van der Waals surface area (Å²) in [5.41, 5.74) is 1.82. The standard InChI is InChI=1S/C16H11N5O2S/c1-10-7-12(23-16-11(8-17)3-2-6-18-16)4-5-13(10)20-15(22)14-9-19-21-24-14/h2-7,9H,1H3,(H,20,22). The molecule has 1 amide bonds. The number of amides is 1. The van der Waals surface area contributed by atoms with Gasteiger partial charge in [-0.1, -0.05) is 4.49 Å². The van der Waals surface area contributed by atoms with Crippen LogP contribution < -0.4 is 10.1 Å². The molecule has 0 aliphatic carbocycles. The first-order valence-corrected chi connectivity index (χ1v) is 7.67. The molecule has 0 saturated carbocycles. The van der Waals surface area contributed by atoms with Crippen molar-refractivity contribution in [2.45, 2.75) is 6.92 Å². The van der Waals surface area contributed by atoms with Gasteiger partial charge in [0.25, 0.3) is 5.91 Å². The van der Waals surface area contributed by atoms with Crippen LogP contribution in [-0.4, -0.2) is 20.5 Å². The lowest BCUT2D eigenvalue weighted by molar-refractivity contribution is 0.103. The number of hydrogen-bond donors (Lipinski definition) is 1. The van der Waals surface area contributed by atoms with Crippen LogP contribution in [0, 0.1) is 18.3 Å². The zero-order valence-corrected chi connectivity index (χ0v) is 13.4. The van der Waals surface area contributed by atoms with Gasteiger partial charge in [0.05, 0.1) is 6.20 Å². The molecule has 0 radical (unpaired) electrons. The molecule has 2 aromatic heterocycles. The molecule has 0 unspecified atom stereocenters. The molecule has 0 aliphatic rings. The lowest BCUT2D eigenvalue weighted by Crippen LogP contribution is -2.11. The lowest BCUT2D eigenvalue weighted by atomic mass is 10.2. The molecule has 2 heterocycles. The van der Waals surface area contributed by atoms with Crippen molar-refractivity contribution in [2.24, 2.45) is 0 Å². The molecule has 0 bridgehead atoms. The van der Waals surface area contributed by atoms with Crippen molar-refractivity contribution >= 4 is 23.1 Å². The normalized spacial score (nSPS) is 10.0. The van der Waals surface area contributed by atoms with E-state index in [0.29, 0.717) is 21.9 Å². The van der Waals surface area contributed by atoms with Crippen molar-refractivity contribution in [3.8, 4) is 17.7 Å². The lowest BCUT2D eigenvalue weighted by Gasteiger charge is -2.10. The monoisotopic (exact) mass is 337 g/mol. The highest BCUT2D eigenvalue weighted by atomic mass is 32.1. The van der Waals surface area contributed by atoms with Crippen molar-refractivity contribution in [1.29, 1.82) is 5.26 Å². The first-order valence-electron chi connectivity index (χ1n) is 6.89. The van der Waals surface area contributed by atoms with Crippen molar-refractivity contribution in [3.05, 3.63) is 58.7 Å². The molecule has 24 heavy (non-hydrogen) atoms. The summed E-state index contributed by atoms with van der Waals surface area (Å²) in [7, 11) is 0. The molecule has 3 rings (SSSR count). The van der Waals surface area contributed by atoms with Crippen LogP contribution in [0.15, 0.2) is 42.7 Å². The molecule has 0 spiro atoms. The number of carbonyl (C=O) groups is 1. The fraction of sp³-hybridized carbons (Fsp3) is 0.0625. The number of anilines is 1. The number of ether oxygens (including phenoxy) is 1. The van der Waals surface area contributed by atoms with Gasteiger partial charge < -0.3 is 10.1 Å². The smallest absolute Gasteiger partial charge is 0.269 e. The van der Waals surface area contributed by atoms with E-state index in [1.165, 1.54) is 6.20 Å². The number of nitrogens with zero attached hydrogens (tertiary/aromatic N) is 4. The van der Waals surface area contributed by atoms with E-state index in [0.717, 1.165) is 17.1 Å². The van der Waals surface area contributed by atoms with Crippen LogP contribution in [-0.2, 0) is 0 Å². The van der Waals surface area contributed by atoms with Gasteiger partial charge in [-0.3, -0.25) is 4.79 Å². The average Bonchev–Trinajstić information content (AvgIpc) is 3.12. The third-order valence-electron chi connectivity index (χ3n) is 3.14. The van der Waals surface area contributed by atoms with E-state index in [1.807, 2.05) is 13.0 Å². The molecule has 7 nitrogen and oxygen atoms in total. The second-order valence-electron chi connectivity index (χ2n) is 4.78. The Hall–Kier alpha value is -3.31. The summed E-state index contributed by atoms with van der Waals surface area (Å²) in [6, 6.07) is 10.5. The third-order valence-corrected chi connectivity index (χ3v) is 3.80. The number of hydrogen-bond acceptors (Lipinski definition) is 7. The maximum atomic E-state index is 12.0. The average molecular weight is 337 g/mol. The SMILES string of the molecule is Cc1cc(Oc2ncccc2C#N)ccc1NC(=O)c1cnns1. The molecule has 3 aromatic rings. The minimum atomic E-state index is -0.265. The van der Waals surface area contributed by atoms with Crippen LogP contribution in [0.4, 0.5) is 5.69 Å². The molecule has 1 N–H and O–H groups in total. The number of pyridine rings is 1. The number of benzene rings is 1. The van der Waals surface area contributed by atoms with Gasteiger partial charge in [0, 0.05) is 11.9 Å². The fourth-order valence-corrected chi connectivity index (χ4v) is 2.37. The van der Waals surface area contributed by atoms with Crippen LogP contribution >= 0.6 is 11.5 Å². The Kier molecular flexibility index (Phi) is 4.45. The summed E-state index contributed by atoms with van der Waals surface area (Å²) < 4.78 is 9.31. The molecule has 0 fully saturated rings. The number of aromatic nitrogens is 3. The molecule has 118 valence electrons. The van der Waals surface area contributed by atoms with E-state index in [2.05, 4.69) is 19.9 Å². The summed E-state index contributed by atoms with van der Waals surface area (Å²) in [5.74, 6) is 0.505. The first-order chi connectivity index (χ1) is 11.7. The van der Waals surface area contributed by atoms with Gasteiger partial charge >= 0.3 is 0 Å². The highest BCUT2D eigenvalue weighted by Gasteiger charge is 2.11. The van der Waals surface area contributed by atoms with E-state index in [9.17, 15) is 4.79 Å². The minimum absolute atomic E-state index is 0.243. The fourth-order valence-electron chi connectivity index (χ4n) is 1.96. The molecule has 0 atom stereocenters. The highest BCUT2D eigenvalue weighted by molar-refractivity contribution is 7.07. The van der Waals surface area contributed by atoms with Gasteiger partial charge in [-0.25, -0.2) is 4.98 Å². The molecule has 0 aliphatic heterocycles. The van der Waals surface area contributed by atoms with Crippen LogP contribution in [0.25, 0.3) is 0 Å². The molecular weight excluding hydrogens is 326 g/mol. The van der Waals surface area contributed by atoms with E-state index in [1.54, 1.807) is 36.5 Å². The Balaban J connectivity index is 1.78. The largest absolute Gasteiger partial charge is 0.438 e. The zero-order chi connectivity index (χ0) is 16.9. The maximum absolute atomic E-state index is 12.0. The second-order valence-corrected chi connectivity index (χ2v) is 5.57. The van der Waals surface area contributed by atoms with Crippen molar-refractivity contribution < 1.29 is 9.53 Å². The summed E-state index contributed by atoms with van der Waals surface area (Å²) in [6.45, 7) is 1.84. The van der Waals surface area contributed by atoms with Crippen molar-refractivity contribution in [3.63, 3.8) is 0 Å². The Morgan fingerprint density at radius 3 is 2.96 bits per heavy atom. The zero-order valence-electron chi connectivity index (χ0n) is 12.6.